The van der Waals surface area contributed by atoms with E-state index in [1.807, 2.05) is 30.0 Å². The van der Waals surface area contributed by atoms with Gasteiger partial charge in [0, 0.05) is 30.0 Å². The molecular formula is C21H26N4O3. The maximum absolute atomic E-state index is 12.8. The normalized spacial score (nSPS) is 22.9. The smallest absolute Gasteiger partial charge is 0.274 e. The fraction of sp³-hybridized carbons (Fsp3) is 0.571. The summed E-state index contributed by atoms with van der Waals surface area (Å²) in [5.74, 6) is 0.0284. The van der Waals surface area contributed by atoms with Gasteiger partial charge < -0.3 is 14.4 Å². The van der Waals surface area contributed by atoms with Gasteiger partial charge in [-0.1, -0.05) is 6.07 Å². The van der Waals surface area contributed by atoms with Gasteiger partial charge in [0.05, 0.1) is 31.5 Å². The number of amides is 1. The molecule has 2 aromatic rings. The van der Waals surface area contributed by atoms with Gasteiger partial charge >= 0.3 is 0 Å². The summed E-state index contributed by atoms with van der Waals surface area (Å²) in [4.78, 5) is 19.2. The average molecular weight is 382 g/mol. The Labute approximate surface area is 164 Å². The number of carbonyl (C=O) groups excluding carboxylic acids is 1. The average Bonchev–Trinajstić information content (AvgIpc) is 3.28. The molecule has 2 aliphatic heterocycles. The Hall–Kier alpha value is -2.25. The second-order valence-electron chi connectivity index (χ2n) is 8.27. The van der Waals surface area contributed by atoms with Crippen LogP contribution < -0.4 is 0 Å². The molecule has 0 radical (unpaired) electrons. The van der Waals surface area contributed by atoms with Gasteiger partial charge in [0.2, 0.25) is 0 Å². The Morgan fingerprint density at radius 1 is 1.39 bits per heavy atom. The van der Waals surface area contributed by atoms with Crippen LogP contribution in [0.2, 0.25) is 0 Å². The SMILES string of the molecule is Cc1cccc(CO[C@@H]2CCOC3(C2)CN(C(=O)c2n[nH]c4c2CCC4)C3)n1. The minimum atomic E-state index is -0.266. The van der Waals surface area contributed by atoms with E-state index in [2.05, 4.69) is 15.2 Å². The van der Waals surface area contributed by atoms with E-state index >= 15 is 0 Å². The summed E-state index contributed by atoms with van der Waals surface area (Å²) in [5, 5.41) is 7.30. The van der Waals surface area contributed by atoms with Crippen molar-refractivity contribution in [2.75, 3.05) is 19.7 Å². The Morgan fingerprint density at radius 2 is 2.29 bits per heavy atom. The van der Waals surface area contributed by atoms with E-state index < -0.39 is 0 Å². The molecule has 7 heteroatoms. The van der Waals surface area contributed by atoms with Crippen molar-refractivity contribution < 1.29 is 14.3 Å². The number of carbonyl (C=O) groups is 1. The zero-order valence-electron chi connectivity index (χ0n) is 16.2. The topological polar surface area (TPSA) is 80.3 Å². The van der Waals surface area contributed by atoms with Crippen LogP contribution in [0.15, 0.2) is 18.2 Å². The molecule has 148 valence electrons. The molecule has 1 spiro atoms. The second kappa shape index (κ2) is 6.97. The lowest BCUT2D eigenvalue weighted by Crippen LogP contribution is -2.67. The van der Waals surface area contributed by atoms with Crippen LogP contribution in [0.5, 0.6) is 0 Å². The van der Waals surface area contributed by atoms with E-state index in [9.17, 15) is 4.79 Å². The van der Waals surface area contributed by atoms with Crippen molar-refractivity contribution in [3.8, 4) is 0 Å². The molecule has 5 rings (SSSR count). The number of aryl methyl sites for hydroxylation is 2. The number of pyridine rings is 1. The molecule has 7 nitrogen and oxygen atoms in total. The second-order valence-corrected chi connectivity index (χ2v) is 8.27. The molecule has 2 aromatic heterocycles. The van der Waals surface area contributed by atoms with Crippen LogP contribution in [0.3, 0.4) is 0 Å². The number of aromatic amines is 1. The van der Waals surface area contributed by atoms with Crippen molar-refractivity contribution in [3.63, 3.8) is 0 Å². The molecule has 2 saturated heterocycles. The highest BCUT2D eigenvalue weighted by Gasteiger charge is 2.50. The molecule has 1 amide bonds. The number of fused-ring (bicyclic) bond motifs is 1. The van der Waals surface area contributed by atoms with Crippen LogP contribution in [-0.4, -0.2) is 57.4 Å². The van der Waals surface area contributed by atoms with Crippen LogP contribution in [0, 0.1) is 6.92 Å². The van der Waals surface area contributed by atoms with E-state index in [1.54, 1.807) is 0 Å². The van der Waals surface area contributed by atoms with Gasteiger partial charge in [-0.2, -0.15) is 5.10 Å². The predicted molar refractivity (Wildman–Crippen MR) is 102 cm³/mol. The number of likely N-dealkylation sites (tertiary alicyclic amines) is 1. The monoisotopic (exact) mass is 382 g/mol. The standard InChI is InChI=1S/C21H26N4O3/c1-14-4-2-5-15(22-14)11-27-16-8-9-28-21(10-16)12-25(13-21)20(26)19-17-6-3-7-18(17)23-24-19/h2,4-5,16H,3,6-13H2,1H3,(H,23,24)/t16-/m1/s1. The molecule has 4 heterocycles. The molecule has 0 saturated carbocycles. The maximum Gasteiger partial charge on any atom is 0.274 e. The molecule has 1 atom stereocenters. The Kier molecular flexibility index (Phi) is 4.44. The minimum absolute atomic E-state index is 0.0284. The quantitative estimate of drug-likeness (QED) is 0.877. The minimum Gasteiger partial charge on any atom is -0.372 e. The molecule has 28 heavy (non-hydrogen) atoms. The van der Waals surface area contributed by atoms with E-state index in [4.69, 9.17) is 9.47 Å². The summed E-state index contributed by atoms with van der Waals surface area (Å²) in [6.45, 7) is 4.42. The molecule has 0 aromatic carbocycles. The van der Waals surface area contributed by atoms with E-state index in [-0.39, 0.29) is 17.6 Å². The van der Waals surface area contributed by atoms with Crippen molar-refractivity contribution in [2.24, 2.45) is 0 Å². The Bertz CT molecular complexity index is 888. The number of aromatic nitrogens is 3. The summed E-state index contributed by atoms with van der Waals surface area (Å²) in [6, 6.07) is 5.99. The highest BCUT2D eigenvalue weighted by molar-refractivity contribution is 5.95. The van der Waals surface area contributed by atoms with Crippen molar-refractivity contribution in [2.45, 2.75) is 57.3 Å². The first kappa shape index (κ1) is 17.8. The first-order chi connectivity index (χ1) is 13.6. The summed E-state index contributed by atoms with van der Waals surface area (Å²) >= 11 is 0. The molecule has 1 N–H and O–H groups in total. The number of rotatable bonds is 4. The van der Waals surface area contributed by atoms with Gasteiger partial charge in [-0.15, -0.1) is 0 Å². The first-order valence-electron chi connectivity index (χ1n) is 10.2. The number of hydrogen-bond acceptors (Lipinski definition) is 5. The van der Waals surface area contributed by atoms with Gasteiger partial charge in [-0.25, -0.2) is 0 Å². The summed E-state index contributed by atoms with van der Waals surface area (Å²) < 4.78 is 12.2. The first-order valence-corrected chi connectivity index (χ1v) is 10.2. The third-order valence-electron chi connectivity index (χ3n) is 6.11. The molecule has 0 unspecified atom stereocenters. The lowest BCUT2D eigenvalue weighted by molar-refractivity contribution is -0.188. The van der Waals surface area contributed by atoms with Gasteiger partial charge in [-0.05, 0) is 44.7 Å². The van der Waals surface area contributed by atoms with Crippen molar-refractivity contribution in [1.82, 2.24) is 20.1 Å². The molecule has 0 bridgehead atoms. The number of ether oxygens (including phenoxy) is 2. The Balaban J connectivity index is 1.17. The van der Waals surface area contributed by atoms with Crippen LogP contribution >= 0.6 is 0 Å². The zero-order valence-corrected chi connectivity index (χ0v) is 16.2. The van der Waals surface area contributed by atoms with E-state index in [1.165, 1.54) is 0 Å². The zero-order chi connectivity index (χ0) is 19.1. The maximum atomic E-state index is 12.8. The number of H-pyrrole nitrogens is 1. The van der Waals surface area contributed by atoms with E-state index in [0.29, 0.717) is 32.0 Å². The summed E-state index contributed by atoms with van der Waals surface area (Å²) in [7, 11) is 0. The van der Waals surface area contributed by atoms with Gasteiger partial charge in [0.15, 0.2) is 5.69 Å². The van der Waals surface area contributed by atoms with Crippen LogP contribution in [-0.2, 0) is 28.9 Å². The lowest BCUT2D eigenvalue weighted by Gasteiger charge is -2.52. The predicted octanol–water partition coefficient (Wildman–Crippen LogP) is 2.19. The van der Waals surface area contributed by atoms with Gasteiger partial charge in [0.1, 0.15) is 5.60 Å². The lowest BCUT2D eigenvalue weighted by atomic mass is 9.84. The van der Waals surface area contributed by atoms with Crippen molar-refractivity contribution in [3.05, 3.63) is 46.5 Å². The van der Waals surface area contributed by atoms with Crippen molar-refractivity contribution in [1.29, 1.82) is 0 Å². The highest BCUT2D eigenvalue weighted by atomic mass is 16.5. The third kappa shape index (κ3) is 3.22. The van der Waals surface area contributed by atoms with Gasteiger partial charge in [-0.3, -0.25) is 14.9 Å². The van der Waals surface area contributed by atoms with Crippen LogP contribution in [0.25, 0.3) is 0 Å². The van der Waals surface area contributed by atoms with Crippen LogP contribution in [0.4, 0.5) is 0 Å². The largest absolute Gasteiger partial charge is 0.372 e. The number of hydrogen-bond donors (Lipinski definition) is 1. The van der Waals surface area contributed by atoms with Gasteiger partial charge in [0.25, 0.3) is 5.91 Å². The number of nitrogens with zero attached hydrogens (tertiary/aromatic N) is 3. The summed E-state index contributed by atoms with van der Waals surface area (Å²) in [5.41, 5.74) is 4.54. The highest BCUT2D eigenvalue weighted by Crippen LogP contribution is 2.37. The molecule has 1 aliphatic carbocycles. The van der Waals surface area contributed by atoms with Crippen molar-refractivity contribution >= 4 is 5.91 Å². The fourth-order valence-electron chi connectivity index (χ4n) is 4.67. The molecular weight excluding hydrogens is 356 g/mol. The Morgan fingerprint density at radius 3 is 3.14 bits per heavy atom. The van der Waals surface area contributed by atoms with Crippen LogP contribution in [0.1, 0.15) is 52.4 Å². The number of nitrogens with one attached hydrogen (secondary N) is 1. The third-order valence-corrected chi connectivity index (χ3v) is 6.11. The molecule has 2 fully saturated rings. The molecule has 3 aliphatic rings. The van der Waals surface area contributed by atoms with E-state index in [0.717, 1.165) is 54.7 Å². The summed E-state index contributed by atoms with van der Waals surface area (Å²) in [6.07, 6.45) is 4.90. The fourth-order valence-corrected chi connectivity index (χ4v) is 4.67.